The number of aromatic carboxylic acids is 1. The van der Waals surface area contributed by atoms with Crippen LogP contribution in [-0.2, 0) is 5.41 Å². The van der Waals surface area contributed by atoms with Crippen molar-refractivity contribution in [2.45, 2.75) is 33.1 Å². The van der Waals surface area contributed by atoms with Crippen LogP contribution in [0.4, 0.5) is 0 Å². The molecule has 16 heavy (non-hydrogen) atoms. The topological polar surface area (TPSA) is 57.5 Å². The summed E-state index contributed by atoms with van der Waals surface area (Å²) in [5.41, 5.74) is 2.55. The molecule has 1 rings (SSSR count). The smallest absolute Gasteiger partial charge is 0.335 e. The van der Waals surface area contributed by atoms with E-state index in [2.05, 4.69) is 0 Å². The van der Waals surface area contributed by atoms with Crippen LogP contribution in [0.25, 0.3) is 0 Å². The number of carboxylic acid groups (broad SMARTS) is 1. The molecular formula is C13H18O3. The van der Waals surface area contributed by atoms with Gasteiger partial charge in [-0.1, -0.05) is 19.9 Å². The van der Waals surface area contributed by atoms with Crippen molar-refractivity contribution in [3.8, 4) is 0 Å². The van der Waals surface area contributed by atoms with Crippen LogP contribution < -0.4 is 0 Å². The molecule has 3 heteroatoms. The molecule has 0 spiro atoms. The molecule has 0 saturated heterocycles. The molecule has 3 nitrogen and oxygen atoms in total. The van der Waals surface area contributed by atoms with Crippen molar-refractivity contribution in [3.05, 3.63) is 34.4 Å². The first-order valence-corrected chi connectivity index (χ1v) is 5.25. The third kappa shape index (κ3) is 2.25. The predicted molar refractivity (Wildman–Crippen MR) is 63.0 cm³/mol. The number of hydrogen-bond acceptors (Lipinski definition) is 2. The van der Waals surface area contributed by atoms with Gasteiger partial charge >= 0.3 is 5.97 Å². The molecule has 0 bridgehead atoms. The maximum Gasteiger partial charge on any atom is 0.335 e. The van der Waals surface area contributed by atoms with E-state index in [0.717, 1.165) is 16.7 Å². The normalized spacial score (nSPS) is 11.6. The van der Waals surface area contributed by atoms with Crippen LogP contribution in [0.15, 0.2) is 12.1 Å². The fourth-order valence-corrected chi connectivity index (χ4v) is 1.90. The molecule has 2 N–H and O–H groups in total. The van der Waals surface area contributed by atoms with E-state index in [-0.39, 0.29) is 6.61 Å². The Morgan fingerprint density at radius 1 is 1.25 bits per heavy atom. The maximum absolute atomic E-state index is 11.0. The van der Waals surface area contributed by atoms with Crippen molar-refractivity contribution in [2.24, 2.45) is 0 Å². The molecule has 0 aliphatic carbocycles. The molecule has 0 atom stereocenters. The fourth-order valence-electron chi connectivity index (χ4n) is 1.90. The van der Waals surface area contributed by atoms with Gasteiger partial charge in [-0.05, 0) is 36.6 Å². The number of benzene rings is 1. The lowest BCUT2D eigenvalue weighted by molar-refractivity contribution is 0.0695. The van der Waals surface area contributed by atoms with Gasteiger partial charge in [0.25, 0.3) is 0 Å². The molecule has 1 aromatic rings. The molecule has 0 amide bonds. The summed E-state index contributed by atoms with van der Waals surface area (Å²) in [7, 11) is 0. The van der Waals surface area contributed by atoms with Crippen molar-refractivity contribution in [2.75, 3.05) is 6.61 Å². The van der Waals surface area contributed by atoms with E-state index in [4.69, 9.17) is 5.11 Å². The fraction of sp³-hybridized carbons (Fsp3) is 0.462. The van der Waals surface area contributed by atoms with E-state index in [0.29, 0.717) is 5.56 Å². The van der Waals surface area contributed by atoms with Gasteiger partial charge < -0.3 is 10.2 Å². The Kier molecular flexibility index (Phi) is 3.38. The zero-order chi connectivity index (χ0) is 12.5. The van der Waals surface area contributed by atoms with E-state index in [1.165, 1.54) is 0 Å². The summed E-state index contributed by atoms with van der Waals surface area (Å²) in [6.45, 7) is 7.51. The minimum absolute atomic E-state index is 0.00401. The third-order valence-corrected chi connectivity index (χ3v) is 2.93. The standard InChI is InChI=1S/C13H18O3/c1-8-5-9(2)11(13(3,4)7-14)6-10(8)12(15)16/h5-6,14H,7H2,1-4H3,(H,15,16). The minimum atomic E-state index is -0.924. The van der Waals surface area contributed by atoms with Crippen molar-refractivity contribution >= 4 is 5.97 Å². The second kappa shape index (κ2) is 4.26. The summed E-state index contributed by atoms with van der Waals surface area (Å²) >= 11 is 0. The summed E-state index contributed by atoms with van der Waals surface area (Å²) in [4.78, 5) is 11.0. The van der Waals surface area contributed by atoms with Gasteiger partial charge in [0, 0.05) is 5.41 Å². The molecule has 0 aromatic heterocycles. The quantitative estimate of drug-likeness (QED) is 0.824. The monoisotopic (exact) mass is 222 g/mol. The molecule has 0 aliphatic heterocycles. The lowest BCUT2D eigenvalue weighted by atomic mass is 9.81. The summed E-state index contributed by atoms with van der Waals surface area (Å²) < 4.78 is 0. The molecule has 0 heterocycles. The van der Waals surface area contributed by atoms with Gasteiger partial charge in [-0.25, -0.2) is 4.79 Å². The number of hydrogen-bond donors (Lipinski definition) is 2. The van der Waals surface area contributed by atoms with Crippen LogP contribution in [0.2, 0.25) is 0 Å². The second-order valence-electron chi connectivity index (χ2n) is 4.83. The van der Waals surface area contributed by atoms with Gasteiger partial charge in [0.15, 0.2) is 0 Å². The van der Waals surface area contributed by atoms with Gasteiger partial charge in [-0.15, -0.1) is 0 Å². The van der Waals surface area contributed by atoms with Gasteiger partial charge in [-0.3, -0.25) is 0 Å². The highest BCUT2D eigenvalue weighted by Crippen LogP contribution is 2.28. The highest BCUT2D eigenvalue weighted by Gasteiger charge is 2.23. The highest BCUT2D eigenvalue weighted by atomic mass is 16.4. The van der Waals surface area contributed by atoms with E-state index < -0.39 is 11.4 Å². The van der Waals surface area contributed by atoms with Crippen LogP contribution in [-0.4, -0.2) is 22.8 Å². The van der Waals surface area contributed by atoms with E-state index >= 15 is 0 Å². The lowest BCUT2D eigenvalue weighted by Gasteiger charge is -2.25. The largest absolute Gasteiger partial charge is 0.478 e. The number of aryl methyl sites for hydroxylation is 2. The van der Waals surface area contributed by atoms with Crippen molar-refractivity contribution in [1.82, 2.24) is 0 Å². The maximum atomic E-state index is 11.0. The van der Waals surface area contributed by atoms with Crippen LogP contribution in [0.5, 0.6) is 0 Å². The predicted octanol–water partition coefficient (Wildman–Crippen LogP) is 2.27. The summed E-state index contributed by atoms with van der Waals surface area (Å²) in [6, 6.07) is 3.53. The molecule has 0 saturated carbocycles. The molecular weight excluding hydrogens is 204 g/mol. The Morgan fingerprint density at radius 2 is 1.81 bits per heavy atom. The minimum Gasteiger partial charge on any atom is -0.478 e. The summed E-state index contributed by atoms with van der Waals surface area (Å²) in [6.07, 6.45) is 0. The molecule has 0 unspecified atom stereocenters. The molecule has 0 fully saturated rings. The summed E-state index contributed by atoms with van der Waals surface area (Å²) in [5, 5.41) is 18.4. The average Bonchev–Trinajstić information content (AvgIpc) is 2.16. The van der Waals surface area contributed by atoms with E-state index in [1.54, 1.807) is 13.0 Å². The van der Waals surface area contributed by atoms with Crippen LogP contribution in [0, 0.1) is 13.8 Å². The van der Waals surface area contributed by atoms with Gasteiger partial charge in [0.1, 0.15) is 0 Å². The summed E-state index contributed by atoms with van der Waals surface area (Å²) in [5.74, 6) is -0.924. The Morgan fingerprint density at radius 3 is 2.25 bits per heavy atom. The number of carboxylic acids is 1. The molecule has 1 aromatic carbocycles. The van der Waals surface area contributed by atoms with Crippen LogP contribution >= 0.6 is 0 Å². The van der Waals surface area contributed by atoms with Crippen molar-refractivity contribution in [1.29, 1.82) is 0 Å². The first kappa shape index (κ1) is 12.7. The Hall–Kier alpha value is -1.35. The highest BCUT2D eigenvalue weighted by molar-refractivity contribution is 5.89. The Labute approximate surface area is 95.7 Å². The third-order valence-electron chi connectivity index (χ3n) is 2.93. The first-order valence-electron chi connectivity index (χ1n) is 5.25. The van der Waals surface area contributed by atoms with E-state index in [9.17, 15) is 9.90 Å². The first-order chi connectivity index (χ1) is 7.29. The second-order valence-corrected chi connectivity index (χ2v) is 4.83. The van der Waals surface area contributed by atoms with E-state index in [1.807, 2.05) is 26.8 Å². The zero-order valence-electron chi connectivity index (χ0n) is 10.2. The number of aliphatic hydroxyl groups excluding tert-OH is 1. The van der Waals surface area contributed by atoms with Crippen molar-refractivity contribution in [3.63, 3.8) is 0 Å². The van der Waals surface area contributed by atoms with Crippen LogP contribution in [0.3, 0.4) is 0 Å². The zero-order valence-corrected chi connectivity index (χ0v) is 10.2. The number of rotatable bonds is 3. The SMILES string of the molecule is Cc1cc(C)c(C(C)(C)CO)cc1C(=O)O. The number of carbonyl (C=O) groups is 1. The lowest BCUT2D eigenvalue weighted by Crippen LogP contribution is -2.24. The van der Waals surface area contributed by atoms with Gasteiger partial charge in [0.2, 0.25) is 0 Å². The van der Waals surface area contributed by atoms with Crippen LogP contribution in [0.1, 0.15) is 40.9 Å². The molecule has 0 aliphatic rings. The van der Waals surface area contributed by atoms with Crippen molar-refractivity contribution < 1.29 is 15.0 Å². The van der Waals surface area contributed by atoms with Gasteiger partial charge in [-0.2, -0.15) is 0 Å². The van der Waals surface area contributed by atoms with Gasteiger partial charge in [0.05, 0.1) is 12.2 Å². The molecule has 88 valence electrons. The average molecular weight is 222 g/mol. The Balaban J connectivity index is 3.42. The number of aliphatic hydroxyl groups is 1. The molecule has 0 radical (unpaired) electrons. The Bertz CT molecular complexity index is 419.